The van der Waals surface area contributed by atoms with Crippen LogP contribution in [0.2, 0.25) is 0 Å². The van der Waals surface area contributed by atoms with E-state index in [9.17, 15) is 0 Å². The highest BCUT2D eigenvalue weighted by Crippen LogP contribution is 2.26. The molecule has 7 nitrogen and oxygen atoms in total. The van der Waals surface area contributed by atoms with Gasteiger partial charge in [0.15, 0.2) is 5.82 Å². The topological polar surface area (TPSA) is 93.7 Å². The summed E-state index contributed by atoms with van der Waals surface area (Å²) in [7, 11) is 0. The monoisotopic (exact) mass is 335 g/mol. The zero-order chi connectivity index (χ0) is 17.1. The molecule has 4 N–H and O–H groups in total. The predicted molar refractivity (Wildman–Crippen MR) is 98.1 cm³/mol. The lowest BCUT2D eigenvalue weighted by Gasteiger charge is -2.23. The summed E-state index contributed by atoms with van der Waals surface area (Å²) >= 11 is 0. The van der Waals surface area contributed by atoms with E-state index in [0.29, 0.717) is 23.6 Å². The van der Waals surface area contributed by atoms with Gasteiger partial charge in [0.05, 0.1) is 0 Å². The van der Waals surface area contributed by atoms with Crippen molar-refractivity contribution >= 4 is 17.6 Å². The molecule has 1 aliphatic heterocycles. The van der Waals surface area contributed by atoms with E-state index in [0.717, 1.165) is 18.8 Å². The highest BCUT2D eigenvalue weighted by Gasteiger charge is 2.15. The maximum Gasteiger partial charge on any atom is 0.248 e. The lowest BCUT2D eigenvalue weighted by molar-refractivity contribution is 0.460. The van der Waals surface area contributed by atoms with Crippen molar-refractivity contribution in [2.75, 3.05) is 24.1 Å². The first kappa shape index (κ1) is 15.6. The van der Waals surface area contributed by atoms with E-state index in [-0.39, 0.29) is 0 Å². The molecule has 1 fully saturated rings. The van der Waals surface area contributed by atoms with Crippen LogP contribution in [0.25, 0.3) is 5.82 Å². The number of hydrogen-bond acceptors (Lipinski definition) is 6. The Morgan fingerprint density at radius 1 is 1.08 bits per heavy atom. The molecule has 0 atom stereocenters. The van der Waals surface area contributed by atoms with E-state index in [1.54, 1.807) is 6.20 Å². The van der Waals surface area contributed by atoms with Crippen LogP contribution in [-0.4, -0.2) is 32.8 Å². The van der Waals surface area contributed by atoms with Gasteiger partial charge in [0, 0.05) is 11.9 Å². The molecule has 4 rings (SSSR count). The van der Waals surface area contributed by atoms with Gasteiger partial charge in [-0.3, -0.25) is 0 Å². The number of hydrogen-bond donors (Lipinski definition) is 3. The SMILES string of the molecule is Nc1nc(Nc2ccc(C3CCNCC3)cc2)nn1-c1ccccn1. The van der Waals surface area contributed by atoms with Crippen molar-refractivity contribution in [2.24, 2.45) is 0 Å². The average Bonchev–Trinajstić information content (AvgIpc) is 3.04. The quantitative estimate of drug-likeness (QED) is 0.678. The molecule has 0 unspecified atom stereocenters. The van der Waals surface area contributed by atoms with Gasteiger partial charge in [-0.1, -0.05) is 18.2 Å². The molecular weight excluding hydrogens is 314 g/mol. The van der Waals surface area contributed by atoms with Gasteiger partial charge in [-0.2, -0.15) is 9.67 Å². The highest BCUT2D eigenvalue weighted by molar-refractivity contribution is 5.55. The van der Waals surface area contributed by atoms with Crippen LogP contribution in [0, 0.1) is 0 Å². The molecule has 128 valence electrons. The molecule has 0 bridgehead atoms. The van der Waals surface area contributed by atoms with Crippen LogP contribution in [0.15, 0.2) is 48.7 Å². The standard InChI is InChI=1S/C18H21N7/c19-17-23-18(24-25(17)16-3-1-2-10-21-16)22-15-6-4-13(5-7-15)14-8-11-20-12-9-14/h1-7,10,14,20H,8-9,11-12H2,(H3,19,22,23,24). The van der Waals surface area contributed by atoms with Crippen LogP contribution in [-0.2, 0) is 0 Å². The molecule has 1 aliphatic rings. The lowest BCUT2D eigenvalue weighted by atomic mass is 9.90. The van der Waals surface area contributed by atoms with Crippen molar-refractivity contribution in [1.82, 2.24) is 25.1 Å². The van der Waals surface area contributed by atoms with Crippen LogP contribution >= 0.6 is 0 Å². The van der Waals surface area contributed by atoms with E-state index in [1.165, 1.54) is 23.1 Å². The second kappa shape index (κ2) is 6.90. The molecule has 0 radical (unpaired) electrons. The second-order valence-corrected chi connectivity index (χ2v) is 6.16. The summed E-state index contributed by atoms with van der Waals surface area (Å²) < 4.78 is 1.52. The molecule has 0 aliphatic carbocycles. The molecule has 3 aromatic rings. The Hall–Kier alpha value is -2.93. The van der Waals surface area contributed by atoms with Crippen molar-refractivity contribution < 1.29 is 0 Å². The van der Waals surface area contributed by atoms with Crippen molar-refractivity contribution in [1.29, 1.82) is 0 Å². The van der Waals surface area contributed by atoms with Gasteiger partial charge in [0.25, 0.3) is 0 Å². The summed E-state index contributed by atoms with van der Waals surface area (Å²) in [5.74, 6) is 2.04. The number of anilines is 3. The molecule has 0 amide bonds. The third-order valence-corrected chi connectivity index (χ3v) is 4.48. The van der Waals surface area contributed by atoms with Gasteiger partial charge in [-0.05, 0) is 61.7 Å². The lowest BCUT2D eigenvalue weighted by Crippen LogP contribution is -2.26. The zero-order valence-electron chi connectivity index (χ0n) is 13.9. The highest BCUT2D eigenvalue weighted by atomic mass is 15.4. The van der Waals surface area contributed by atoms with Gasteiger partial charge in [-0.25, -0.2) is 4.98 Å². The van der Waals surface area contributed by atoms with Gasteiger partial charge >= 0.3 is 0 Å². The first-order chi connectivity index (χ1) is 12.3. The Morgan fingerprint density at radius 3 is 2.60 bits per heavy atom. The number of nitrogens with one attached hydrogen (secondary N) is 2. The fourth-order valence-electron chi connectivity index (χ4n) is 3.15. The number of rotatable bonds is 4. The number of nitrogens with zero attached hydrogens (tertiary/aromatic N) is 4. The average molecular weight is 335 g/mol. The van der Waals surface area contributed by atoms with E-state index in [2.05, 4.69) is 50.0 Å². The number of piperidine rings is 1. The molecule has 0 spiro atoms. The summed E-state index contributed by atoms with van der Waals surface area (Å²) in [6.07, 6.45) is 4.09. The number of aromatic nitrogens is 4. The van der Waals surface area contributed by atoms with Gasteiger partial charge in [-0.15, -0.1) is 5.10 Å². The Labute approximate surface area is 146 Å². The summed E-state index contributed by atoms with van der Waals surface area (Å²) in [4.78, 5) is 8.51. The van der Waals surface area contributed by atoms with Crippen molar-refractivity contribution in [3.05, 3.63) is 54.2 Å². The Bertz CT molecular complexity index is 820. The first-order valence-corrected chi connectivity index (χ1v) is 8.51. The summed E-state index contributed by atoms with van der Waals surface area (Å²) in [6, 6.07) is 14.1. The van der Waals surface area contributed by atoms with Crippen LogP contribution in [0.1, 0.15) is 24.3 Å². The van der Waals surface area contributed by atoms with E-state index < -0.39 is 0 Å². The number of pyridine rings is 1. The fourth-order valence-corrected chi connectivity index (χ4v) is 3.15. The minimum atomic E-state index is 0.299. The summed E-state index contributed by atoms with van der Waals surface area (Å²) in [5, 5.41) is 11.0. The molecule has 25 heavy (non-hydrogen) atoms. The summed E-state index contributed by atoms with van der Waals surface area (Å²) in [5.41, 5.74) is 8.28. The normalized spacial score (nSPS) is 15.2. The maximum atomic E-state index is 5.95. The second-order valence-electron chi connectivity index (χ2n) is 6.16. The van der Waals surface area contributed by atoms with Crippen molar-refractivity contribution in [2.45, 2.75) is 18.8 Å². The minimum Gasteiger partial charge on any atom is -0.368 e. The number of benzene rings is 1. The van der Waals surface area contributed by atoms with Gasteiger partial charge in [0.2, 0.25) is 11.9 Å². The van der Waals surface area contributed by atoms with Gasteiger partial charge < -0.3 is 16.4 Å². The smallest absolute Gasteiger partial charge is 0.248 e. The third kappa shape index (κ3) is 3.46. The van der Waals surface area contributed by atoms with Crippen LogP contribution < -0.4 is 16.4 Å². The van der Waals surface area contributed by atoms with E-state index in [1.807, 2.05) is 18.2 Å². The number of nitrogens with two attached hydrogens (primary N) is 1. The Balaban J connectivity index is 1.49. The Morgan fingerprint density at radius 2 is 1.88 bits per heavy atom. The largest absolute Gasteiger partial charge is 0.368 e. The van der Waals surface area contributed by atoms with E-state index >= 15 is 0 Å². The van der Waals surface area contributed by atoms with Crippen molar-refractivity contribution in [3.63, 3.8) is 0 Å². The first-order valence-electron chi connectivity index (χ1n) is 8.51. The predicted octanol–water partition coefficient (Wildman–Crippen LogP) is 2.46. The molecule has 7 heteroatoms. The van der Waals surface area contributed by atoms with Crippen LogP contribution in [0.5, 0.6) is 0 Å². The fraction of sp³-hybridized carbons (Fsp3) is 0.278. The molecule has 1 aromatic carbocycles. The van der Waals surface area contributed by atoms with Crippen molar-refractivity contribution in [3.8, 4) is 5.82 Å². The Kier molecular flexibility index (Phi) is 4.30. The zero-order valence-corrected chi connectivity index (χ0v) is 13.9. The minimum absolute atomic E-state index is 0.299. The molecular formula is C18H21N7. The maximum absolute atomic E-state index is 5.95. The molecule has 2 aromatic heterocycles. The molecule has 1 saturated heterocycles. The van der Waals surface area contributed by atoms with Crippen LogP contribution in [0.4, 0.5) is 17.6 Å². The van der Waals surface area contributed by atoms with E-state index in [4.69, 9.17) is 5.73 Å². The third-order valence-electron chi connectivity index (χ3n) is 4.48. The van der Waals surface area contributed by atoms with Gasteiger partial charge in [0.1, 0.15) is 0 Å². The summed E-state index contributed by atoms with van der Waals surface area (Å²) in [6.45, 7) is 2.19. The number of nitrogen functional groups attached to an aromatic ring is 1. The molecule has 0 saturated carbocycles. The molecule has 3 heterocycles. The van der Waals surface area contributed by atoms with Crippen LogP contribution in [0.3, 0.4) is 0 Å².